The number of rotatable bonds is 11. The van der Waals surface area contributed by atoms with Gasteiger partial charge in [0.15, 0.2) is 0 Å². The molecular formula is C15H31NO2. The van der Waals surface area contributed by atoms with Crippen molar-refractivity contribution in [3.8, 4) is 0 Å². The number of nitrogens with one attached hydrogen (secondary N) is 1. The van der Waals surface area contributed by atoms with E-state index in [0.717, 1.165) is 13.0 Å². The first-order valence-electron chi connectivity index (χ1n) is 7.78. The van der Waals surface area contributed by atoms with E-state index in [1.807, 2.05) is 0 Å². The fourth-order valence-corrected chi connectivity index (χ4v) is 2.44. The first kappa shape index (κ1) is 15.9. The summed E-state index contributed by atoms with van der Waals surface area (Å²) in [6.07, 6.45) is 11.6. The number of hydrogen-bond acceptors (Lipinski definition) is 3. The predicted molar refractivity (Wildman–Crippen MR) is 75.9 cm³/mol. The third-order valence-electron chi connectivity index (χ3n) is 3.74. The fraction of sp³-hybridized carbons (Fsp3) is 1.00. The molecule has 1 saturated heterocycles. The molecule has 3 heteroatoms. The van der Waals surface area contributed by atoms with Crippen molar-refractivity contribution in [3.05, 3.63) is 0 Å². The third-order valence-corrected chi connectivity index (χ3v) is 3.74. The standard InChI is InChI=1S/C15H31NO2/c1-2-3-4-5-6-7-8-9-11-16-13-15(17)10-12-18-14-15/h16-17H,2-14H2,1H3. The van der Waals surface area contributed by atoms with Crippen LogP contribution in [0.15, 0.2) is 0 Å². The van der Waals surface area contributed by atoms with Crippen LogP contribution in [0.25, 0.3) is 0 Å². The SMILES string of the molecule is CCCCCCCCCCNCC1(O)CCOC1. The fourth-order valence-electron chi connectivity index (χ4n) is 2.44. The van der Waals surface area contributed by atoms with Gasteiger partial charge in [0.2, 0.25) is 0 Å². The van der Waals surface area contributed by atoms with Gasteiger partial charge in [0.25, 0.3) is 0 Å². The first-order chi connectivity index (χ1) is 8.77. The maximum Gasteiger partial charge on any atom is 0.102 e. The topological polar surface area (TPSA) is 41.5 Å². The van der Waals surface area contributed by atoms with Gasteiger partial charge in [0, 0.05) is 19.6 Å². The van der Waals surface area contributed by atoms with Crippen LogP contribution in [0, 0.1) is 0 Å². The molecule has 0 aromatic heterocycles. The van der Waals surface area contributed by atoms with Gasteiger partial charge in [0.1, 0.15) is 5.60 Å². The van der Waals surface area contributed by atoms with E-state index < -0.39 is 5.60 Å². The molecule has 0 radical (unpaired) electrons. The van der Waals surface area contributed by atoms with Gasteiger partial charge in [-0.15, -0.1) is 0 Å². The highest BCUT2D eigenvalue weighted by Crippen LogP contribution is 2.16. The lowest BCUT2D eigenvalue weighted by molar-refractivity contribution is 0.0272. The zero-order valence-electron chi connectivity index (χ0n) is 12.0. The van der Waals surface area contributed by atoms with Crippen molar-refractivity contribution in [1.82, 2.24) is 5.32 Å². The summed E-state index contributed by atoms with van der Waals surface area (Å²) in [4.78, 5) is 0. The Hall–Kier alpha value is -0.120. The molecule has 0 saturated carbocycles. The molecule has 1 unspecified atom stereocenters. The smallest absolute Gasteiger partial charge is 0.102 e. The Morgan fingerprint density at radius 1 is 1.06 bits per heavy atom. The zero-order chi connectivity index (χ0) is 13.1. The van der Waals surface area contributed by atoms with Crippen LogP contribution < -0.4 is 5.32 Å². The summed E-state index contributed by atoms with van der Waals surface area (Å²) in [5.74, 6) is 0. The average molecular weight is 257 g/mol. The van der Waals surface area contributed by atoms with Crippen molar-refractivity contribution in [2.24, 2.45) is 0 Å². The largest absolute Gasteiger partial charge is 0.386 e. The van der Waals surface area contributed by atoms with E-state index in [4.69, 9.17) is 4.74 Å². The van der Waals surface area contributed by atoms with Gasteiger partial charge in [-0.2, -0.15) is 0 Å². The summed E-state index contributed by atoms with van der Waals surface area (Å²) in [6, 6.07) is 0. The first-order valence-corrected chi connectivity index (χ1v) is 7.78. The van der Waals surface area contributed by atoms with Gasteiger partial charge < -0.3 is 15.2 Å². The van der Waals surface area contributed by atoms with E-state index in [2.05, 4.69) is 12.2 Å². The van der Waals surface area contributed by atoms with Crippen LogP contribution in [0.1, 0.15) is 64.7 Å². The van der Waals surface area contributed by atoms with E-state index in [1.54, 1.807) is 0 Å². The Kier molecular flexibility index (Phi) is 8.64. The molecule has 0 bridgehead atoms. The second-order valence-corrected chi connectivity index (χ2v) is 5.68. The summed E-state index contributed by atoms with van der Waals surface area (Å²) in [5.41, 5.74) is -0.597. The Bertz CT molecular complexity index is 191. The normalized spacial score (nSPS) is 23.7. The van der Waals surface area contributed by atoms with Crippen molar-refractivity contribution in [3.63, 3.8) is 0 Å². The molecule has 1 aliphatic rings. The molecule has 1 heterocycles. The minimum atomic E-state index is -0.597. The van der Waals surface area contributed by atoms with Crippen LogP contribution in [-0.2, 0) is 4.74 Å². The minimum absolute atomic E-state index is 0.497. The molecule has 1 aliphatic heterocycles. The molecule has 3 nitrogen and oxygen atoms in total. The van der Waals surface area contributed by atoms with Crippen molar-refractivity contribution in [2.75, 3.05) is 26.3 Å². The Balaban J connectivity index is 1.78. The number of unbranched alkanes of at least 4 members (excludes halogenated alkanes) is 7. The van der Waals surface area contributed by atoms with Crippen LogP contribution in [0.4, 0.5) is 0 Å². The Labute approximate surface area is 112 Å². The molecule has 0 spiro atoms. The predicted octanol–water partition coefficient (Wildman–Crippen LogP) is 2.87. The lowest BCUT2D eigenvalue weighted by Crippen LogP contribution is -2.41. The zero-order valence-corrected chi connectivity index (χ0v) is 12.0. The number of aliphatic hydroxyl groups is 1. The van der Waals surface area contributed by atoms with Gasteiger partial charge in [-0.25, -0.2) is 0 Å². The van der Waals surface area contributed by atoms with E-state index in [-0.39, 0.29) is 0 Å². The second-order valence-electron chi connectivity index (χ2n) is 5.68. The highest BCUT2D eigenvalue weighted by Gasteiger charge is 2.31. The maximum atomic E-state index is 10.0. The minimum Gasteiger partial charge on any atom is -0.386 e. The molecule has 1 rings (SSSR count). The summed E-state index contributed by atoms with van der Waals surface area (Å²) >= 11 is 0. The van der Waals surface area contributed by atoms with Gasteiger partial charge in [-0.1, -0.05) is 51.9 Å². The van der Waals surface area contributed by atoms with E-state index in [1.165, 1.54) is 51.4 Å². The monoisotopic (exact) mass is 257 g/mol. The van der Waals surface area contributed by atoms with Crippen molar-refractivity contribution in [1.29, 1.82) is 0 Å². The molecule has 0 amide bonds. The summed E-state index contributed by atoms with van der Waals surface area (Å²) in [7, 11) is 0. The third kappa shape index (κ3) is 7.34. The van der Waals surface area contributed by atoms with Gasteiger partial charge in [-0.3, -0.25) is 0 Å². The molecule has 2 N–H and O–H groups in total. The van der Waals surface area contributed by atoms with Crippen LogP contribution in [0.5, 0.6) is 0 Å². The highest BCUT2D eigenvalue weighted by atomic mass is 16.5. The molecule has 18 heavy (non-hydrogen) atoms. The van der Waals surface area contributed by atoms with E-state index >= 15 is 0 Å². The molecule has 0 aliphatic carbocycles. The second kappa shape index (κ2) is 9.76. The number of hydrogen-bond donors (Lipinski definition) is 2. The highest BCUT2D eigenvalue weighted by molar-refractivity contribution is 4.84. The van der Waals surface area contributed by atoms with E-state index in [0.29, 0.717) is 19.8 Å². The lowest BCUT2D eigenvalue weighted by atomic mass is 10.0. The maximum absolute atomic E-state index is 10.0. The summed E-state index contributed by atoms with van der Waals surface area (Å²) in [5, 5.41) is 13.4. The van der Waals surface area contributed by atoms with Crippen molar-refractivity contribution >= 4 is 0 Å². The Morgan fingerprint density at radius 2 is 1.72 bits per heavy atom. The Morgan fingerprint density at radius 3 is 2.33 bits per heavy atom. The molecule has 1 fully saturated rings. The van der Waals surface area contributed by atoms with Crippen LogP contribution >= 0.6 is 0 Å². The van der Waals surface area contributed by atoms with Crippen LogP contribution in [-0.4, -0.2) is 37.0 Å². The molecule has 0 aromatic carbocycles. The van der Waals surface area contributed by atoms with Crippen LogP contribution in [0.3, 0.4) is 0 Å². The summed E-state index contributed by atoms with van der Waals surface area (Å²) in [6.45, 7) is 5.17. The molecule has 108 valence electrons. The van der Waals surface area contributed by atoms with Gasteiger partial charge >= 0.3 is 0 Å². The van der Waals surface area contributed by atoms with Crippen LogP contribution in [0.2, 0.25) is 0 Å². The van der Waals surface area contributed by atoms with Crippen molar-refractivity contribution < 1.29 is 9.84 Å². The van der Waals surface area contributed by atoms with E-state index in [9.17, 15) is 5.11 Å². The average Bonchev–Trinajstić information content (AvgIpc) is 2.79. The van der Waals surface area contributed by atoms with Crippen molar-refractivity contribution in [2.45, 2.75) is 70.3 Å². The molecule has 1 atom stereocenters. The molecular weight excluding hydrogens is 226 g/mol. The number of ether oxygens (including phenoxy) is 1. The van der Waals surface area contributed by atoms with Gasteiger partial charge in [0.05, 0.1) is 6.61 Å². The summed E-state index contributed by atoms with van der Waals surface area (Å²) < 4.78 is 5.21. The van der Waals surface area contributed by atoms with Gasteiger partial charge in [-0.05, 0) is 13.0 Å². The molecule has 0 aromatic rings. The quantitative estimate of drug-likeness (QED) is 0.559. The lowest BCUT2D eigenvalue weighted by Gasteiger charge is -2.20.